The Hall–Kier alpha value is -0.620. The topological polar surface area (TPSA) is 66.4 Å². The van der Waals surface area contributed by atoms with E-state index in [9.17, 15) is 8.42 Å². The first kappa shape index (κ1) is 14.4. The lowest BCUT2D eigenvalue weighted by Gasteiger charge is -2.21. The van der Waals surface area contributed by atoms with Crippen LogP contribution >= 0.6 is 11.6 Å². The van der Waals surface area contributed by atoms with Gasteiger partial charge in [0, 0.05) is 23.6 Å². The Labute approximate surface area is 107 Å². The van der Waals surface area contributed by atoms with E-state index in [2.05, 4.69) is 4.72 Å². The third-order valence-corrected chi connectivity index (χ3v) is 3.96. The molecule has 0 atom stereocenters. The maximum atomic E-state index is 11.9. The number of aliphatic hydroxyl groups excluding tert-OH is 1. The Kier molecular flexibility index (Phi) is 4.55. The lowest BCUT2D eigenvalue weighted by molar-refractivity contribution is 0.163. The second-order valence-corrected chi connectivity index (χ2v) is 6.80. The number of rotatable bonds is 5. The third-order valence-electron chi connectivity index (χ3n) is 2.29. The zero-order valence-electron chi connectivity index (χ0n) is 9.77. The Morgan fingerprint density at radius 2 is 1.82 bits per heavy atom. The van der Waals surface area contributed by atoms with E-state index in [0.717, 1.165) is 0 Å². The fourth-order valence-corrected chi connectivity index (χ4v) is 2.41. The predicted molar refractivity (Wildman–Crippen MR) is 67.5 cm³/mol. The monoisotopic (exact) mass is 277 g/mol. The largest absolute Gasteiger partial charge is 0.396 e. The average Bonchev–Trinajstić information content (AvgIpc) is 2.27. The molecule has 1 aromatic rings. The number of benzene rings is 1. The maximum Gasteiger partial charge on any atom is 0.240 e. The molecule has 0 aliphatic heterocycles. The van der Waals surface area contributed by atoms with E-state index in [4.69, 9.17) is 16.7 Å². The van der Waals surface area contributed by atoms with E-state index < -0.39 is 15.4 Å². The summed E-state index contributed by atoms with van der Waals surface area (Å²) in [7, 11) is -3.54. The van der Waals surface area contributed by atoms with Gasteiger partial charge in [-0.2, -0.15) is 0 Å². The van der Waals surface area contributed by atoms with E-state index in [1.807, 2.05) is 0 Å². The summed E-state index contributed by atoms with van der Waals surface area (Å²) in [5.41, 5.74) is -0.487. The minimum atomic E-state index is -3.54. The molecule has 0 bridgehead atoms. The second kappa shape index (κ2) is 5.35. The number of nitrogens with one attached hydrogen (secondary N) is 1. The van der Waals surface area contributed by atoms with Crippen molar-refractivity contribution in [1.29, 1.82) is 0 Å². The van der Waals surface area contributed by atoms with Crippen LogP contribution in [0, 0.1) is 5.41 Å². The molecule has 0 unspecified atom stereocenters. The molecule has 0 spiro atoms. The Morgan fingerprint density at radius 1 is 1.29 bits per heavy atom. The van der Waals surface area contributed by atoms with Crippen molar-refractivity contribution in [3.8, 4) is 0 Å². The molecule has 0 amide bonds. The van der Waals surface area contributed by atoms with Crippen molar-refractivity contribution in [3.05, 3.63) is 29.3 Å². The molecule has 4 nitrogen and oxygen atoms in total. The zero-order valence-corrected chi connectivity index (χ0v) is 11.3. The molecule has 0 radical (unpaired) electrons. The normalized spacial score (nSPS) is 12.7. The van der Waals surface area contributed by atoms with Crippen molar-refractivity contribution in [3.63, 3.8) is 0 Å². The Morgan fingerprint density at radius 3 is 2.29 bits per heavy atom. The van der Waals surface area contributed by atoms with Crippen molar-refractivity contribution in [2.45, 2.75) is 18.7 Å². The molecule has 2 N–H and O–H groups in total. The molecule has 96 valence electrons. The molecule has 0 aliphatic rings. The minimum Gasteiger partial charge on any atom is -0.396 e. The highest BCUT2D eigenvalue weighted by atomic mass is 35.5. The van der Waals surface area contributed by atoms with Crippen LogP contribution in [0.25, 0.3) is 0 Å². The summed E-state index contributed by atoms with van der Waals surface area (Å²) >= 11 is 5.69. The molecule has 0 aliphatic carbocycles. The van der Waals surface area contributed by atoms with Crippen molar-refractivity contribution in [2.24, 2.45) is 5.41 Å². The van der Waals surface area contributed by atoms with Gasteiger partial charge in [0.25, 0.3) is 0 Å². The third kappa shape index (κ3) is 4.27. The van der Waals surface area contributed by atoms with Crippen LogP contribution in [0.3, 0.4) is 0 Å². The number of hydrogen-bond donors (Lipinski definition) is 2. The van der Waals surface area contributed by atoms with E-state index >= 15 is 0 Å². The lowest BCUT2D eigenvalue weighted by Crippen LogP contribution is -2.36. The van der Waals surface area contributed by atoms with Crippen LogP contribution in [0.1, 0.15) is 13.8 Å². The van der Waals surface area contributed by atoms with Crippen LogP contribution in [0.2, 0.25) is 5.02 Å². The highest BCUT2D eigenvalue weighted by Crippen LogP contribution is 2.16. The highest BCUT2D eigenvalue weighted by Gasteiger charge is 2.21. The summed E-state index contributed by atoms with van der Waals surface area (Å²) in [6, 6.07) is 5.92. The van der Waals surface area contributed by atoms with Gasteiger partial charge in [-0.25, -0.2) is 13.1 Å². The van der Waals surface area contributed by atoms with E-state index in [1.54, 1.807) is 13.8 Å². The summed E-state index contributed by atoms with van der Waals surface area (Å²) in [5, 5.41) is 9.53. The molecule has 0 saturated heterocycles. The fraction of sp³-hybridized carbons (Fsp3) is 0.455. The van der Waals surface area contributed by atoms with Gasteiger partial charge in [0.05, 0.1) is 4.90 Å². The van der Waals surface area contributed by atoms with Gasteiger partial charge in [-0.15, -0.1) is 0 Å². The molecule has 6 heteroatoms. The molecule has 0 aromatic heterocycles. The standard InChI is InChI=1S/C11H16ClNO3S/c1-11(2,8-14)7-13-17(15,16)10-5-3-9(12)4-6-10/h3-6,13-14H,7-8H2,1-2H3. The van der Waals surface area contributed by atoms with Gasteiger partial charge in [0.1, 0.15) is 0 Å². The van der Waals surface area contributed by atoms with Crippen LogP contribution in [0.15, 0.2) is 29.2 Å². The molecular weight excluding hydrogens is 262 g/mol. The smallest absolute Gasteiger partial charge is 0.240 e. The van der Waals surface area contributed by atoms with Gasteiger partial charge in [0.15, 0.2) is 0 Å². The van der Waals surface area contributed by atoms with Gasteiger partial charge in [-0.05, 0) is 24.3 Å². The van der Waals surface area contributed by atoms with Crippen molar-refractivity contribution in [1.82, 2.24) is 4.72 Å². The Balaban J connectivity index is 2.79. The van der Waals surface area contributed by atoms with Crippen molar-refractivity contribution in [2.75, 3.05) is 13.2 Å². The summed E-state index contributed by atoms with van der Waals surface area (Å²) in [4.78, 5) is 0.163. The maximum absolute atomic E-state index is 11.9. The molecule has 0 heterocycles. The second-order valence-electron chi connectivity index (χ2n) is 4.60. The van der Waals surface area contributed by atoms with Crippen molar-refractivity contribution < 1.29 is 13.5 Å². The van der Waals surface area contributed by atoms with E-state index in [0.29, 0.717) is 5.02 Å². The first-order valence-electron chi connectivity index (χ1n) is 5.13. The molecule has 17 heavy (non-hydrogen) atoms. The minimum absolute atomic E-state index is 0.0872. The number of sulfonamides is 1. The molecule has 1 aromatic carbocycles. The average molecular weight is 278 g/mol. The molecule has 0 fully saturated rings. The highest BCUT2D eigenvalue weighted by molar-refractivity contribution is 7.89. The SMILES string of the molecule is CC(C)(CO)CNS(=O)(=O)c1ccc(Cl)cc1. The van der Waals surface area contributed by atoms with Gasteiger partial charge in [0.2, 0.25) is 10.0 Å². The van der Waals surface area contributed by atoms with Crippen molar-refractivity contribution >= 4 is 21.6 Å². The van der Waals surface area contributed by atoms with Gasteiger partial charge in [-0.1, -0.05) is 25.4 Å². The number of halogens is 1. The van der Waals surface area contributed by atoms with Crippen LogP contribution in [-0.4, -0.2) is 26.7 Å². The summed E-state index contributed by atoms with van der Waals surface area (Å²) < 4.78 is 26.2. The van der Waals surface area contributed by atoms with Crippen LogP contribution in [0.4, 0.5) is 0 Å². The molecule has 1 rings (SSSR count). The van der Waals surface area contributed by atoms with Gasteiger partial charge < -0.3 is 5.11 Å². The van der Waals surface area contributed by atoms with E-state index in [1.165, 1.54) is 24.3 Å². The lowest BCUT2D eigenvalue weighted by atomic mass is 9.96. The number of hydrogen-bond acceptors (Lipinski definition) is 3. The van der Waals surface area contributed by atoms with Crippen LogP contribution in [0.5, 0.6) is 0 Å². The quantitative estimate of drug-likeness (QED) is 0.860. The first-order chi connectivity index (χ1) is 7.77. The van der Waals surface area contributed by atoms with Crippen LogP contribution in [-0.2, 0) is 10.0 Å². The molecular formula is C11H16ClNO3S. The summed E-state index contributed by atoms with van der Waals surface area (Å²) in [6.07, 6.45) is 0. The van der Waals surface area contributed by atoms with Gasteiger partial charge in [-0.3, -0.25) is 0 Å². The predicted octanol–water partition coefficient (Wildman–Crippen LogP) is 1.64. The number of aliphatic hydroxyl groups is 1. The molecule has 0 saturated carbocycles. The van der Waals surface area contributed by atoms with E-state index in [-0.39, 0.29) is 18.0 Å². The zero-order chi connectivity index (χ0) is 13.1. The fourth-order valence-electron chi connectivity index (χ4n) is 1.04. The Bertz CT molecular complexity index is 468. The van der Waals surface area contributed by atoms with Gasteiger partial charge >= 0.3 is 0 Å². The first-order valence-corrected chi connectivity index (χ1v) is 6.99. The summed E-state index contributed by atoms with van der Waals surface area (Å²) in [5.74, 6) is 0. The summed E-state index contributed by atoms with van der Waals surface area (Å²) in [6.45, 7) is 3.64. The van der Waals surface area contributed by atoms with Crippen LogP contribution < -0.4 is 4.72 Å².